The zero-order valence-electron chi connectivity index (χ0n) is 26.4. The number of benzene rings is 4. The first-order valence-electron chi connectivity index (χ1n) is 15.7. The first kappa shape index (κ1) is 36.6. The first-order chi connectivity index (χ1) is 23.7. The molecule has 0 bridgehead atoms. The molecule has 1 aliphatic rings. The third-order valence-corrected chi connectivity index (χ3v) is 8.53. The van der Waals surface area contributed by atoms with Crippen LogP contribution in [0.15, 0.2) is 85.1 Å². The standard InChI is InChI=1S/C37H30F10O3/c1-2-3-21-4-6-22(7-5-21)23-8-10-24(11-9-23)25-12-14-28(30(38)16-25)36(44,45)49-26-13-15-29(31(39)17-26)37(46,47)50-27-18-32(40)35(33(41)19-27)48-20-34(42)43/h8-22H,2-7H2,1H3. The van der Waals surface area contributed by atoms with Gasteiger partial charge in [0.2, 0.25) is 0 Å². The molecule has 0 N–H and O–H groups in total. The van der Waals surface area contributed by atoms with Gasteiger partial charge in [0.1, 0.15) is 28.7 Å². The summed E-state index contributed by atoms with van der Waals surface area (Å²) in [5.41, 5.74) is -0.644. The lowest BCUT2D eigenvalue weighted by Crippen LogP contribution is -2.25. The highest BCUT2D eigenvalue weighted by Crippen LogP contribution is 2.41. The Balaban J connectivity index is 1.26. The van der Waals surface area contributed by atoms with E-state index in [0.29, 0.717) is 29.2 Å². The molecule has 1 fully saturated rings. The third kappa shape index (κ3) is 8.54. The van der Waals surface area contributed by atoms with Gasteiger partial charge in [0.25, 0.3) is 0 Å². The SMILES string of the molecule is CCCC1CCC(c2ccc(-c3ccc(C(F)(F)Oc4ccc(C(F)(F)Oc5cc(F)c(OC=C(F)F)c(F)c5)c(F)c4)c(F)c3)cc2)CC1. The molecule has 0 aromatic heterocycles. The predicted octanol–water partition coefficient (Wildman–Crippen LogP) is 12.4. The van der Waals surface area contributed by atoms with Crippen LogP contribution < -0.4 is 14.2 Å². The van der Waals surface area contributed by atoms with Crippen LogP contribution in [0.3, 0.4) is 0 Å². The van der Waals surface area contributed by atoms with Crippen molar-refractivity contribution in [2.24, 2.45) is 5.92 Å². The fourth-order valence-corrected chi connectivity index (χ4v) is 6.08. The summed E-state index contributed by atoms with van der Waals surface area (Å²) in [4.78, 5) is 0. The number of hydrogen-bond donors (Lipinski definition) is 0. The van der Waals surface area contributed by atoms with Gasteiger partial charge in [0.05, 0.1) is 5.56 Å². The number of rotatable bonds is 12. The lowest BCUT2D eigenvalue weighted by molar-refractivity contribution is -0.189. The number of alkyl halides is 4. The topological polar surface area (TPSA) is 27.7 Å². The van der Waals surface area contributed by atoms with E-state index in [1.54, 1.807) is 12.1 Å². The smallest absolute Gasteiger partial charge is 0.429 e. The van der Waals surface area contributed by atoms with Gasteiger partial charge in [-0.1, -0.05) is 50.1 Å². The molecule has 0 heterocycles. The van der Waals surface area contributed by atoms with Gasteiger partial charge in [-0.05, 0) is 78.5 Å². The summed E-state index contributed by atoms with van der Waals surface area (Å²) in [6.07, 6.45) is -4.79. The summed E-state index contributed by atoms with van der Waals surface area (Å²) < 4.78 is 155. The van der Waals surface area contributed by atoms with Crippen molar-refractivity contribution < 1.29 is 58.1 Å². The molecule has 0 radical (unpaired) electrons. The summed E-state index contributed by atoms with van der Waals surface area (Å²) in [6.45, 7) is 2.18. The summed E-state index contributed by atoms with van der Waals surface area (Å²) in [5, 5.41) is 0. The minimum atomic E-state index is -4.62. The number of halogens is 10. The van der Waals surface area contributed by atoms with Crippen LogP contribution >= 0.6 is 0 Å². The van der Waals surface area contributed by atoms with E-state index in [-0.39, 0.29) is 24.5 Å². The molecule has 4 aromatic rings. The molecular weight excluding hydrogens is 682 g/mol. The molecule has 0 atom stereocenters. The summed E-state index contributed by atoms with van der Waals surface area (Å²) in [7, 11) is 0. The maximum atomic E-state index is 15.0. The highest BCUT2D eigenvalue weighted by Gasteiger charge is 2.41. The van der Waals surface area contributed by atoms with Crippen LogP contribution in [0.1, 0.15) is 68.1 Å². The van der Waals surface area contributed by atoms with Gasteiger partial charge in [-0.25, -0.2) is 17.6 Å². The van der Waals surface area contributed by atoms with Gasteiger partial charge in [-0.2, -0.15) is 26.3 Å². The monoisotopic (exact) mass is 712 g/mol. The number of hydrogen-bond acceptors (Lipinski definition) is 3. The zero-order chi connectivity index (χ0) is 36.2. The fraction of sp³-hybridized carbons (Fsp3) is 0.297. The quantitative estimate of drug-likeness (QED) is 0.108. The highest BCUT2D eigenvalue weighted by molar-refractivity contribution is 5.64. The Morgan fingerprint density at radius 1 is 0.660 bits per heavy atom. The maximum Gasteiger partial charge on any atom is 0.429 e. The van der Waals surface area contributed by atoms with Crippen molar-refractivity contribution in [3.8, 4) is 28.4 Å². The zero-order valence-corrected chi connectivity index (χ0v) is 26.4. The van der Waals surface area contributed by atoms with E-state index in [1.165, 1.54) is 31.7 Å². The lowest BCUT2D eigenvalue weighted by Gasteiger charge is -2.28. The molecule has 0 aliphatic heterocycles. The van der Waals surface area contributed by atoms with Crippen LogP contribution in [-0.4, -0.2) is 0 Å². The van der Waals surface area contributed by atoms with Crippen molar-refractivity contribution in [1.82, 2.24) is 0 Å². The van der Waals surface area contributed by atoms with Crippen molar-refractivity contribution in [2.45, 2.75) is 63.6 Å². The van der Waals surface area contributed by atoms with E-state index < -0.39 is 69.9 Å². The van der Waals surface area contributed by atoms with Crippen molar-refractivity contribution in [3.05, 3.63) is 125 Å². The lowest BCUT2D eigenvalue weighted by atomic mass is 9.77. The molecule has 0 saturated heterocycles. The Labute approximate surface area is 281 Å². The fourth-order valence-electron chi connectivity index (χ4n) is 6.08. The molecule has 5 rings (SSSR count). The molecule has 0 spiro atoms. The van der Waals surface area contributed by atoms with Gasteiger partial charge in [0, 0.05) is 18.2 Å². The van der Waals surface area contributed by atoms with Gasteiger partial charge in [0.15, 0.2) is 23.6 Å². The van der Waals surface area contributed by atoms with Crippen LogP contribution in [0.2, 0.25) is 0 Å². The van der Waals surface area contributed by atoms with Crippen LogP contribution in [0, 0.1) is 29.2 Å². The second-order valence-electron chi connectivity index (χ2n) is 11.9. The summed E-state index contributed by atoms with van der Waals surface area (Å²) in [5.74, 6) is -8.86. The van der Waals surface area contributed by atoms with Crippen molar-refractivity contribution in [3.63, 3.8) is 0 Å². The molecule has 0 unspecified atom stereocenters. The Kier molecular flexibility index (Phi) is 11.0. The molecule has 0 amide bonds. The normalized spacial score (nSPS) is 16.5. The molecule has 1 aliphatic carbocycles. The molecular formula is C37H30F10O3. The van der Waals surface area contributed by atoms with Crippen LogP contribution in [-0.2, 0) is 12.2 Å². The molecule has 4 aromatic carbocycles. The van der Waals surface area contributed by atoms with Gasteiger partial charge in [-0.15, -0.1) is 0 Å². The van der Waals surface area contributed by atoms with E-state index in [1.807, 2.05) is 12.1 Å². The Morgan fingerprint density at radius 3 is 1.72 bits per heavy atom. The molecule has 1 saturated carbocycles. The van der Waals surface area contributed by atoms with Crippen molar-refractivity contribution in [2.75, 3.05) is 0 Å². The Hall–Kier alpha value is -4.68. The Morgan fingerprint density at radius 2 is 1.18 bits per heavy atom. The second-order valence-corrected chi connectivity index (χ2v) is 11.9. The molecule has 266 valence electrons. The summed E-state index contributed by atoms with van der Waals surface area (Å²) in [6, 6.07) is 11.8. The Bertz CT molecular complexity index is 1810. The average Bonchev–Trinajstić information content (AvgIpc) is 3.04. The summed E-state index contributed by atoms with van der Waals surface area (Å²) >= 11 is 0. The first-order valence-corrected chi connectivity index (χ1v) is 15.7. The minimum absolute atomic E-state index is 0.167. The van der Waals surface area contributed by atoms with Crippen LogP contribution in [0.25, 0.3) is 11.1 Å². The molecule has 50 heavy (non-hydrogen) atoms. The maximum absolute atomic E-state index is 15.0. The number of ether oxygens (including phenoxy) is 3. The van der Waals surface area contributed by atoms with Crippen molar-refractivity contribution in [1.29, 1.82) is 0 Å². The minimum Gasteiger partial charge on any atom is -0.453 e. The van der Waals surface area contributed by atoms with Crippen LogP contribution in [0.5, 0.6) is 17.2 Å². The van der Waals surface area contributed by atoms with Gasteiger partial charge < -0.3 is 14.2 Å². The van der Waals surface area contributed by atoms with E-state index in [4.69, 9.17) is 0 Å². The van der Waals surface area contributed by atoms with Crippen molar-refractivity contribution >= 4 is 0 Å². The molecule has 13 heteroatoms. The average molecular weight is 713 g/mol. The largest absolute Gasteiger partial charge is 0.453 e. The van der Waals surface area contributed by atoms with Crippen LogP contribution in [0.4, 0.5) is 43.9 Å². The van der Waals surface area contributed by atoms with E-state index in [2.05, 4.69) is 21.1 Å². The van der Waals surface area contributed by atoms with E-state index in [0.717, 1.165) is 36.5 Å². The van der Waals surface area contributed by atoms with Gasteiger partial charge >= 0.3 is 18.3 Å². The second kappa shape index (κ2) is 15.1. The predicted molar refractivity (Wildman–Crippen MR) is 164 cm³/mol. The molecule has 3 nitrogen and oxygen atoms in total. The van der Waals surface area contributed by atoms with Gasteiger partial charge in [-0.3, -0.25) is 0 Å². The van der Waals surface area contributed by atoms with E-state index in [9.17, 15) is 30.7 Å². The third-order valence-electron chi connectivity index (χ3n) is 8.53. The highest BCUT2D eigenvalue weighted by atomic mass is 19.3. The van der Waals surface area contributed by atoms with E-state index >= 15 is 13.2 Å².